The molecule has 2 heterocycles. The summed E-state index contributed by atoms with van der Waals surface area (Å²) in [6, 6.07) is 6.39. The topological polar surface area (TPSA) is 33.7 Å². The Hall–Kier alpha value is -1.42. The van der Waals surface area contributed by atoms with Crippen molar-refractivity contribution in [1.29, 1.82) is 0 Å². The van der Waals surface area contributed by atoms with Crippen molar-refractivity contribution in [3.05, 3.63) is 18.2 Å². The summed E-state index contributed by atoms with van der Waals surface area (Å²) in [4.78, 5) is 2.49. The van der Waals surface area contributed by atoms with Crippen LogP contribution in [0.1, 0.15) is 26.2 Å². The minimum absolute atomic E-state index is 0.266. The number of piperazine rings is 1. The van der Waals surface area contributed by atoms with Crippen LogP contribution < -0.4 is 19.7 Å². The molecule has 1 aromatic rings. The molecule has 0 aromatic heterocycles. The molecule has 0 radical (unpaired) electrons. The number of hydrogen-bond acceptors (Lipinski definition) is 4. The van der Waals surface area contributed by atoms with Crippen molar-refractivity contribution in [2.45, 2.75) is 31.7 Å². The second kappa shape index (κ2) is 5.09. The van der Waals surface area contributed by atoms with Crippen LogP contribution in [0.5, 0.6) is 11.5 Å². The van der Waals surface area contributed by atoms with Crippen LogP contribution in [0.4, 0.5) is 5.69 Å². The molecule has 4 nitrogen and oxygen atoms in total. The van der Waals surface area contributed by atoms with Gasteiger partial charge in [0.1, 0.15) is 0 Å². The van der Waals surface area contributed by atoms with E-state index in [9.17, 15) is 0 Å². The van der Waals surface area contributed by atoms with E-state index in [1.54, 1.807) is 0 Å². The maximum absolute atomic E-state index is 5.82. The van der Waals surface area contributed by atoms with Crippen LogP contribution in [-0.4, -0.2) is 38.4 Å². The molecule has 0 amide bonds. The van der Waals surface area contributed by atoms with Gasteiger partial charge in [0, 0.05) is 43.3 Å². The third kappa shape index (κ3) is 2.57. The van der Waals surface area contributed by atoms with Crippen LogP contribution in [0, 0.1) is 5.92 Å². The van der Waals surface area contributed by atoms with Gasteiger partial charge in [-0.25, -0.2) is 0 Å². The molecule has 2 fully saturated rings. The van der Waals surface area contributed by atoms with E-state index in [1.165, 1.54) is 18.5 Å². The summed E-state index contributed by atoms with van der Waals surface area (Å²) in [6.07, 6.45) is 3.70. The molecule has 0 spiro atoms. The SMILES string of the molecule is CC1(C2CC2)CN(c2ccc3c(c2)OCCCO3)CCN1. The Kier molecular flexibility index (Phi) is 3.21. The lowest BCUT2D eigenvalue weighted by Gasteiger charge is -2.43. The molecule has 1 saturated carbocycles. The summed E-state index contributed by atoms with van der Waals surface area (Å²) in [5.74, 6) is 2.63. The van der Waals surface area contributed by atoms with E-state index in [-0.39, 0.29) is 5.54 Å². The van der Waals surface area contributed by atoms with Crippen LogP contribution in [0.25, 0.3) is 0 Å². The lowest BCUT2D eigenvalue weighted by Crippen LogP contribution is -2.60. The van der Waals surface area contributed by atoms with Crippen molar-refractivity contribution < 1.29 is 9.47 Å². The molecule has 114 valence electrons. The van der Waals surface area contributed by atoms with E-state index < -0.39 is 0 Å². The van der Waals surface area contributed by atoms with E-state index in [0.717, 1.165) is 56.7 Å². The van der Waals surface area contributed by atoms with Gasteiger partial charge in [0.25, 0.3) is 0 Å². The van der Waals surface area contributed by atoms with Crippen molar-refractivity contribution in [1.82, 2.24) is 5.32 Å². The molecule has 4 heteroatoms. The lowest BCUT2D eigenvalue weighted by molar-refractivity contribution is 0.285. The predicted octanol–water partition coefficient (Wildman–Crippen LogP) is 2.43. The Morgan fingerprint density at radius 2 is 2.00 bits per heavy atom. The first-order valence-corrected chi connectivity index (χ1v) is 8.14. The van der Waals surface area contributed by atoms with Crippen LogP contribution in [0.3, 0.4) is 0 Å². The monoisotopic (exact) mass is 288 g/mol. The minimum atomic E-state index is 0.266. The van der Waals surface area contributed by atoms with Gasteiger partial charge in [-0.2, -0.15) is 0 Å². The molecule has 1 saturated heterocycles. The van der Waals surface area contributed by atoms with Gasteiger partial charge in [0.15, 0.2) is 11.5 Å². The number of nitrogens with one attached hydrogen (secondary N) is 1. The molecule has 21 heavy (non-hydrogen) atoms. The van der Waals surface area contributed by atoms with E-state index in [4.69, 9.17) is 9.47 Å². The summed E-state index contributed by atoms with van der Waals surface area (Å²) >= 11 is 0. The maximum Gasteiger partial charge on any atom is 0.163 e. The normalized spacial score (nSPS) is 29.1. The molecule has 2 aliphatic heterocycles. The number of hydrogen-bond donors (Lipinski definition) is 1. The molecular weight excluding hydrogens is 264 g/mol. The Bertz CT molecular complexity index is 530. The van der Waals surface area contributed by atoms with Crippen LogP contribution in [-0.2, 0) is 0 Å². The zero-order chi connectivity index (χ0) is 14.3. The highest BCUT2D eigenvalue weighted by Crippen LogP contribution is 2.42. The van der Waals surface area contributed by atoms with E-state index in [2.05, 4.69) is 35.3 Å². The van der Waals surface area contributed by atoms with Gasteiger partial charge in [-0.15, -0.1) is 0 Å². The average molecular weight is 288 g/mol. The molecule has 1 aliphatic carbocycles. The van der Waals surface area contributed by atoms with Gasteiger partial charge in [0.2, 0.25) is 0 Å². The van der Waals surface area contributed by atoms with Gasteiger partial charge in [-0.1, -0.05) is 0 Å². The number of rotatable bonds is 2. The maximum atomic E-state index is 5.82. The number of anilines is 1. The second-order valence-electron chi connectivity index (χ2n) is 6.72. The van der Waals surface area contributed by atoms with Crippen molar-refractivity contribution >= 4 is 5.69 Å². The van der Waals surface area contributed by atoms with Gasteiger partial charge in [-0.3, -0.25) is 0 Å². The first-order valence-electron chi connectivity index (χ1n) is 8.14. The van der Waals surface area contributed by atoms with E-state index in [0.29, 0.717) is 0 Å². The van der Waals surface area contributed by atoms with Crippen molar-refractivity contribution in [2.24, 2.45) is 5.92 Å². The molecule has 1 N–H and O–H groups in total. The summed E-state index contributed by atoms with van der Waals surface area (Å²) in [5, 5.41) is 3.73. The third-order valence-corrected chi connectivity index (χ3v) is 5.00. The van der Waals surface area contributed by atoms with Crippen LogP contribution >= 0.6 is 0 Å². The predicted molar refractivity (Wildman–Crippen MR) is 83.4 cm³/mol. The summed E-state index contributed by atoms with van der Waals surface area (Å²) in [7, 11) is 0. The Morgan fingerprint density at radius 1 is 1.19 bits per heavy atom. The van der Waals surface area contributed by atoms with E-state index in [1.807, 2.05) is 0 Å². The fourth-order valence-corrected chi connectivity index (χ4v) is 3.57. The highest BCUT2D eigenvalue weighted by Gasteiger charge is 2.43. The van der Waals surface area contributed by atoms with Gasteiger partial charge in [-0.05, 0) is 37.8 Å². The Morgan fingerprint density at radius 3 is 2.81 bits per heavy atom. The second-order valence-corrected chi connectivity index (χ2v) is 6.72. The average Bonchev–Trinajstić information content (AvgIpc) is 3.33. The zero-order valence-electron chi connectivity index (χ0n) is 12.7. The van der Waals surface area contributed by atoms with Crippen molar-refractivity contribution in [3.8, 4) is 11.5 Å². The first kappa shape index (κ1) is 13.3. The summed E-state index contributed by atoms with van der Waals surface area (Å²) in [6.45, 7) is 7.07. The Labute approximate surface area is 126 Å². The van der Waals surface area contributed by atoms with Gasteiger partial charge in [0.05, 0.1) is 13.2 Å². The molecular formula is C17H24N2O2. The molecule has 4 rings (SSSR count). The number of benzene rings is 1. The highest BCUT2D eigenvalue weighted by atomic mass is 16.5. The lowest BCUT2D eigenvalue weighted by atomic mass is 9.92. The highest BCUT2D eigenvalue weighted by molar-refractivity contribution is 5.57. The number of nitrogens with zero attached hydrogens (tertiary/aromatic N) is 1. The number of fused-ring (bicyclic) bond motifs is 1. The van der Waals surface area contributed by atoms with E-state index >= 15 is 0 Å². The standard InChI is InChI=1S/C17H24N2O2/c1-17(13-3-4-13)12-19(8-7-18-17)14-5-6-15-16(11-14)21-10-2-9-20-15/h5-6,11,13,18H,2-4,7-10,12H2,1H3. The Balaban J connectivity index is 1.56. The summed E-state index contributed by atoms with van der Waals surface area (Å²) < 4.78 is 11.5. The van der Waals surface area contributed by atoms with Crippen LogP contribution in [0.15, 0.2) is 18.2 Å². The molecule has 1 unspecified atom stereocenters. The summed E-state index contributed by atoms with van der Waals surface area (Å²) in [5.41, 5.74) is 1.52. The molecule has 0 bridgehead atoms. The quantitative estimate of drug-likeness (QED) is 0.906. The van der Waals surface area contributed by atoms with Crippen LogP contribution in [0.2, 0.25) is 0 Å². The first-order chi connectivity index (χ1) is 10.2. The van der Waals surface area contributed by atoms with Crippen molar-refractivity contribution in [2.75, 3.05) is 37.7 Å². The molecule has 1 atom stereocenters. The largest absolute Gasteiger partial charge is 0.490 e. The van der Waals surface area contributed by atoms with Gasteiger partial charge < -0.3 is 19.7 Å². The number of ether oxygens (including phenoxy) is 2. The third-order valence-electron chi connectivity index (χ3n) is 5.00. The zero-order valence-corrected chi connectivity index (χ0v) is 12.7. The molecule has 1 aromatic carbocycles. The minimum Gasteiger partial charge on any atom is -0.490 e. The van der Waals surface area contributed by atoms with Gasteiger partial charge >= 0.3 is 0 Å². The molecule has 3 aliphatic rings. The fraction of sp³-hybridized carbons (Fsp3) is 0.647. The smallest absolute Gasteiger partial charge is 0.163 e. The fourth-order valence-electron chi connectivity index (χ4n) is 3.57. The van der Waals surface area contributed by atoms with Crippen molar-refractivity contribution in [3.63, 3.8) is 0 Å².